The third-order valence-electron chi connectivity index (χ3n) is 3.37. The fourth-order valence-electron chi connectivity index (χ4n) is 2.06. The number of sulfonamides is 1. The molecule has 0 aliphatic rings. The van der Waals surface area contributed by atoms with Crippen molar-refractivity contribution in [2.24, 2.45) is 0 Å². The summed E-state index contributed by atoms with van der Waals surface area (Å²) >= 11 is 6.05. The fourth-order valence-corrected chi connectivity index (χ4v) is 3.51. The molecule has 148 valence electrons. The van der Waals surface area contributed by atoms with E-state index < -0.39 is 10.0 Å². The number of halogens is 1. The number of benzene rings is 1. The molecule has 7 nitrogen and oxygen atoms in total. The van der Waals surface area contributed by atoms with Crippen LogP contribution >= 0.6 is 11.6 Å². The van der Waals surface area contributed by atoms with Crippen molar-refractivity contribution in [3.05, 3.63) is 23.2 Å². The summed E-state index contributed by atoms with van der Waals surface area (Å²) in [4.78, 5) is 11.9. The van der Waals surface area contributed by atoms with Crippen LogP contribution in [0, 0.1) is 0 Å². The summed E-state index contributed by atoms with van der Waals surface area (Å²) in [6.45, 7) is 6.79. The van der Waals surface area contributed by atoms with Crippen molar-refractivity contribution in [1.82, 2.24) is 9.62 Å². The van der Waals surface area contributed by atoms with Gasteiger partial charge in [0.15, 0.2) is 0 Å². The van der Waals surface area contributed by atoms with Gasteiger partial charge in [0.2, 0.25) is 15.9 Å². The minimum absolute atomic E-state index is 0.00610. The van der Waals surface area contributed by atoms with E-state index in [1.807, 2.05) is 20.8 Å². The lowest BCUT2D eigenvalue weighted by atomic mass is 10.3. The molecule has 1 aromatic rings. The second-order valence-corrected chi connectivity index (χ2v) is 8.36. The van der Waals surface area contributed by atoms with Gasteiger partial charge in [-0.1, -0.05) is 11.6 Å². The second kappa shape index (κ2) is 10.7. The molecular weight excluding hydrogens is 380 g/mol. The van der Waals surface area contributed by atoms with E-state index in [2.05, 4.69) is 5.32 Å². The number of likely N-dealkylation sites (N-methyl/N-ethyl adjacent to an activating group) is 1. The highest BCUT2D eigenvalue weighted by molar-refractivity contribution is 7.89. The Balaban J connectivity index is 2.60. The molecule has 26 heavy (non-hydrogen) atoms. The normalized spacial score (nSPS) is 11.8. The van der Waals surface area contributed by atoms with Crippen LogP contribution in [0.4, 0.5) is 0 Å². The molecule has 0 radical (unpaired) electrons. The standard InChI is InChI=1S/C17H27ClN2O5S/c1-5-24-16-8-7-14(11-15(16)18)26(22,23)20(4)12-17(21)19-9-6-10-25-13(2)3/h7-8,11,13H,5-6,9-10,12H2,1-4H3,(H,19,21). The maximum Gasteiger partial charge on any atom is 0.243 e. The van der Waals surface area contributed by atoms with Crippen LogP contribution in [0.1, 0.15) is 27.2 Å². The van der Waals surface area contributed by atoms with Crippen molar-refractivity contribution in [2.75, 3.05) is 33.4 Å². The molecule has 0 bridgehead atoms. The molecule has 0 spiro atoms. The number of ether oxygens (including phenoxy) is 2. The number of carbonyl (C=O) groups excluding carboxylic acids is 1. The van der Waals surface area contributed by atoms with Gasteiger partial charge in [-0.3, -0.25) is 4.79 Å². The van der Waals surface area contributed by atoms with Gasteiger partial charge >= 0.3 is 0 Å². The SMILES string of the molecule is CCOc1ccc(S(=O)(=O)N(C)CC(=O)NCCCOC(C)C)cc1Cl. The zero-order valence-electron chi connectivity index (χ0n) is 15.6. The molecule has 9 heteroatoms. The molecule has 0 saturated carbocycles. The molecule has 1 N–H and O–H groups in total. The van der Waals surface area contributed by atoms with Gasteiger partial charge in [-0.15, -0.1) is 0 Å². The summed E-state index contributed by atoms with van der Waals surface area (Å²) in [6, 6.07) is 4.23. The van der Waals surface area contributed by atoms with Crippen molar-refractivity contribution in [3.63, 3.8) is 0 Å². The molecule has 0 heterocycles. The van der Waals surface area contributed by atoms with Crippen LogP contribution < -0.4 is 10.1 Å². The van der Waals surface area contributed by atoms with E-state index in [4.69, 9.17) is 21.1 Å². The van der Waals surface area contributed by atoms with Crippen molar-refractivity contribution >= 4 is 27.5 Å². The predicted molar refractivity (Wildman–Crippen MR) is 101 cm³/mol. The monoisotopic (exact) mass is 406 g/mol. The van der Waals surface area contributed by atoms with E-state index in [1.54, 1.807) is 0 Å². The van der Waals surface area contributed by atoms with Gasteiger partial charge in [-0.05, 0) is 45.4 Å². The first kappa shape index (κ1) is 22.7. The van der Waals surface area contributed by atoms with Gasteiger partial charge in [-0.25, -0.2) is 8.42 Å². The number of carbonyl (C=O) groups is 1. The summed E-state index contributed by atoms with van der Waals surface area (Å²) in [5, 5.41) is 2.88. The first-order valence-corrected chi connectivity index (χ1v) is 10.3. The Morgan fingerprint density at radius 3 is 2.62 bits per heavy atom. The lowest BCUT2D eigenvalue weighted by molar-refractivity contribution is -0.121. The van der Waals surface area contributed by atoms with Crippen molar-refractivity contribution < 1.29 is 22.7 Å². The maximum absolute atomic E-state index is 12.6. The van der Waals surface area contributed by atoms with Crippen molar-refractivity contribution in [1.29, 1.82) is 0 Å². The summed E-state index contributed by atoms with van der Waals surface area (Å²) < 4.78 is 36.8. The third-order valence-corrected chi connectivity index (χ3v) is 5.47. The first-order valence-electron chi connectivity index (χ1n) is 8.45. The van der Waals surface area contributed by atoms with Crippen LogP contribution in [0.5, 0.6) is 5.75 Å². The highest BCUT2D eigenvalue weighted by Crippen LogP contribution is 2.28. The number of nitrogens with one attached hydrogen (secondary N) is 1. The molecule has 0 aliphatic heterocycles. The van der Waals surface area contributed by atoms with E-state index in [0.29, 0.717) is 31.9 Å². The van der Waals surface area contributed by atoms with Crippen LogP contribution in [0.25, 0.3) is 0 Å². The van der Waals surface area contributed by atoms with Crippen molar-refractivity contribution in [3.8, 4) is 5.75 Å². The Labute approximate surface area is 160 Å². The molecule has 1 aromatic carbocycles. The predicted octanol–water partition coefficient (Wildman–Crippen LogP) is 2.29. The molecule has 0 unspecified atom stereocenters. The van der Waals surface area contributed by atoms with Crippen LogP contribution in [0.3, 0.4) is 0 Å². The van der Waals surface area contributed by atoms with E-state index in [1.165, 1.54) is 25.2 Å². The lowest BCUT2D eigenvalue weighted by Gasteiger charge is -2.17. The quantitative estimate of drug-likeness (QED) is 0.570. The number of rotatable bonds is 11. The number of amides is 1. The zero-order valence-corrected chi connectivity index (χ0v) is 17.2. The smallest absolute Gasteiger partial charge is 0.243 e. The number of hydrogen-bond acceptors (Lipinski definition) is 5. The Kier molecular flexibility index (Phi) is 9.35. The highest BCUT2D eigenvalue weighted by atomic mass is 35.5. The van der Waals surface area contributed by atoms with Gasteiger partial charge in [-0.2, -0.15) is 4.31 Å². The summed E-state index contributed by atoms with van der Waals surface area (Å²) in [5.41, 5.74) is 0. The minimum atomic E-state index is -3.83. The second-order valence-electron chi connectivity index (χ2n) is 5.91. The molecule has 1 rings (SSSR count). The molecule has 0 aromatic heterocycles. The lowest BCUT2D eigenvalue weighted by Crippen LogP contribution is -2.38. The van der Waals surface area contributed by atoms with Gasteiger partial charge in [0, 0.05) is 20.2 Å². The molecule has 0 saturated heterocycles. The van der Waals surface area contributed by atoms with Crippen molar-refractivity contribution in [2.45, 2.75) is 38.2 Å². The number of hydrogen-bond donors (Lipinski definition) is 1. The van der Waals surface area contributed by atoms with Gasteiger partial charge in [0.1, 0.15) is 5.75 Å². The summed E-state index contributed by atoms with van der Waals surface area (Å²) in [7, 11) is -2.48. The summed E-state index contributed by atoms with van der Waals surface area (Å²) in [5.74, 6) is 0.0368. The molecule has 0 aliphatic carbocycles. The molecular formula is C17H27ClN2O5S. The van der Waals surface area contributed by atoms with Gasteiger partial charge < -0.3 is 14.8 Å². The molecule has 1 amide bonds. The average molecular weight is 407 g/mol. The van der Waals surface area contributed by atoms with E-state index >= 15 is 0 Å². The van der Waals surface area contributed by atoms with E-state index in [0.717, 1.165) is 4.31 Å². The fraction of sp³-hybridized carbons (Fsp3) is 0.588. The Morgan fingerprint density at radius 1 is 1.35 bits per heavy atom. The van der Waals surface area contributed by atoms with Crippen LogP contribution in [0.15, 0.2) is 23.1 Å². The van der Waals surface area contributed by atoms with E-state index in [-0.39, 0.29) is 28.5 Å². The third kappa shape index (κ3) is 7.11. The zero-order chi connectivity index (χ0) is 19.7. The largest absolute Gasteiger partial charge is 0.492 e. The summed E-state index contributed by atoms with van der Waals surface area (Å²) in [6.07, 6.45) is 0.803. The Morgan fingerprint density at radius 2 is 2.04 bits per heavy atom. The average Bonchev–Trinajstić information content (AvgIpc) is 2.56. The Hall–Kier alpha value is -1.35. The molecule has 0 fully saturated rings. The first-order chi connectivity index (χ1) is 12.2. The van der Waals surface area contributed by atoms with Crippen LogP contribution in [0.2, 0.25) is 5.02 Å². The van der Waals surface area contributed by atoms with Crippen LogP contribution in [-0.2, 0) is 19.6 Å². The van der Waals surface area contributed by atoms with Gasteiger partial charge in [0.25, 0.3) is 0 Å². The van der Waals surface area contributed by atoms with E-state index in [9.17, 15) is 13.2 Å². The minimum Gasteiger partial charge on any atom is -0.492 e. The highest BCUT2D eigenvalue weighted by Gasteiger charge is 2.23. The maximum atomic E-state index is 12.6. The Bertz CT molecular complexity index is 694. The molecule has 0 atom stereocenters. The van der Waals surface area contributed by atoms with Crippen LogP contribution in [-0.4, -0.2) is 58.1 Å². The van der Waals surface area contributed by atoms with Gasteiger partial charge in [0.05, 0.1) is 29.2 Å². The topological polar surface area (TPSA) is 84.9 Å². The number of nitrogens with zero attached hydrogens (tertiary/aromatic N) is 1.